The first kappa shape index (κ1) is 68.7. The van der Waals surface area contributed by atoms with Crippen molar-refractivity contribution in [1.29, 1.82) is 0 Å². The molecule has 0 amide bonds. The van der Waals surface area contributed by atoms with Crippen LogP contribution in [0.25, 0.3) is 0 Å². The summed E-state index contributed by atoms with van der Waals surface area (Å²) in [5.74, 6) is -1.57. The molecule has 0 saturated carbocycles. The Morgan fingerprint density at radius 2 is 0.750 bits per heavy atom. The van der Waals surface area contributed by atoms with Gasteiger partial charge in [-0.1, -0.05) is 202 Å². The van der Waals surface area contributed by atoms with Crippen LogP contribution < -0.4 is 0 Å². The monoisotopic (exact) mass is 1030 g/mol. The number of unbranched alkanes of at least 4 members (excludes halogenated alkanes) is 21. The average molecular weight is 1030 g/mol. The molecule has 2 N–H and O–H groups in total. The average Bonchev–Trinajstić information content (AvgIpc) is 3.37. The molecule has 0 fully saturated rings. The number of esters is 3. The SMILES string of the molecule is CC/C=C\C/C=C\C/C=C\C/C=C\CCC(=O)OC(CO)COP(=O)(O)OCC(COC(=O)CCCCCCC/C=C\C/C=C\CCCCC)OC(=O)CCCCCCCCC/C=C\CCCCCCCC. The summed E-state index contributed by atoms with van der Waals surface area (Å²) in [5, 5.41) is 9.78. The molecule has 0 aromatic heterocycles. The Kier molecular flexibility index (Phi) is 51.4. The van der Waals surface area contributed by atoms with E-state index in [1.807, 2.05) is 12.2 Å². The maximum Gasteiger partial charge on any atom is 0.472 e. The summed E-state index contributed by atoms with van der Waals surface area (Å²) in [5.41, 5.74) is 0. The highest BCUT2D eigenvalue weighted by Gasteiger charge is 2.28. The summed E-state index contributed by atoms with van der Waals surface area (Å²) >= 11 is 0. The molecule has 3 unspecified atom stereocenters. The standard InChI is InChI=1S/C60H103O11P/c1-4-7-10-13-16-19-22-25-27-28-30-33-36-39-42-45-48-51-60(64)71-57(53-67-58(62)49-46-43-40-37-34-32-29-26-23-20-17-14-11-8-5-2)55-69-72(65,66)68-54-56(52-61)70-59(63)50-47-44-41-38-35-31-24-21-18-15-12-9-6-3/h9,12,17-18,20-21,25-27,29,31,35,41,44,56-57,61H,4-8,10-11,13-16,19,22-24,28,30,32-34,36-40,42-43,45-55H2,1-3H3,(H,65,66)/b12-9-,20-17-,21-18-,27-25-,29-26-,35-31-,44-41-. The Morgan fingerprint density at radius 1 is 0.403 bits per heavy atom. The molecule has 0 aliphatic carbocycles. The zero-order chi connectivity index (χ0) is 52.7. The summed E-state index contributed by atoms with van der Waals surface area (Å²) in [4.78, 5) is 48.5. The maximum atomic E-state index is 12.9. The molecule has 72 heavy (non-hydrogen) atoms. The first-order chi connectivity index (χ1) is 35.2. The second-order valence-electron chi connectivity index (χ2n) is 18.7. The molecule has 11 nitrogen and oxygen atoms in total. The van der Waals surface area contributed by atoms with E-state index in [4.69, 9.17) is 23.3 Å². The van der Waals surface area contributed by atoms with Crippen LogP contribution in [-0.2, 0) is 42.2 Å². The van der Waals surface area contributed by atoms with Gasteiger partial charge in [-0.2, -0.15) is 0 Å². The van der Waals surface area contributed by atoms with Crippen LogP contribution in [0.1, 0.15) is 239 Å². The van der Waals surface area contributed by atoms with E-state index in [0.29, 0.717) is 19.3 Å². The van der Waals surface area contributed by atoms with Gasteiger partial charge in [-0.3, -0.25) is 23.4 Å². The lowest BCUT2D eigenvalue weighted by Crippen LogP contribution is -2.30. The highest BCUT2D eigenvalue weighted by Crippen LogP contribution is 2.43. The van der Waals surface area contributed by atoms with Crippen molar-refractivity contribution < 1.29 is 52.2 Å². The molecule has 12 heteroatoms. The van der Waals surface area contributed by atoms with Crippen molar-refractivity contribution in [3.05, 3.63) is 85.1 Å². The molecule has 414 valence electrons. The van der Waals surface area contributed by atoms with Gasteiger partial charge in [0, 0.05) is 19.3 Å². The van der Waals surface area contributed by atoms with Crippen molar-refractivity contribution in [1.82, 2.24) is 0 Å². The molecule has 0 aliphatic heterocycles. The predicted octanol–water partition coefficient (Wildman–Crippen LogP) is 16.7. The van der Waals surface area contributed by atoms with Gasteiger partial charge in [-0.15, -0.1) is 0 Å². The van der Waals surface area contributed by atoms with Crippen LogP contribution in [0.5, 0.6) is 0 Å². The molecule has 0 spiro atoms. The number of phosphoric ester groups is 1. The quantitative estimate of drug-likeness (QED) is 0.0197. The summed E-state index contributed by atoms with van der Waals surface area (Å²) in [6, 6.07) is 0. The number of ether oxygens (including phenoxy) is 3. The van der Waals surface area contributed by atoms with Gasteiger partial charge in [0.15, 0.2) is 6.10 Å². The zero-order valence-electron chi connectivity index (χ0n) is 45.6. The fourth-order valence-electron chi connectivity index (χ4n) is 7.45. The van der Waals surface area contributed by atoms with Crippen molar-refractivity contribution in [3.8, 4) is 0 Å². The molecule has 0 rings (SSSR count). The van der Waals surface area contributed by atoms with E-state index in [2.05, 4.69) is 93.7 Å². The van der Waals surface area contributed by atoms with Gasteiger partial charge in [0.05, 0.1) is 19.8 Å². The molecule has 3 atom stereocenters. The largest absolute Gasteiger partial charge is 0.472 e. The second-order valence-corrected chi connectivity index (χ2v) is 20.2. The van der Waals surface area contributed by atoms with Crippen molar-refractivity contribution >= 4 is 25.7 Å². The van der Waals surface area contributed by atoms with Crippen LogP contribution in [0.2, 0.25) is 0 Å². The number of phosphoric acid groups is 1. The number of hydrogen-bond donors (Lipinski definition) is 2. The molecule has 0 radical (unpaired) electrons. The van der Waals surface area contributed by atoms with Crippen molar-refractivity contribution in [2.75, 3.05) is 26.4 Å². The Hall–Kier alpha value is -3.34. The number of carbonyl (C=O) groups excluding carboxylic acids is 3. The highest BCUT2D eigenvalue weighted by molar-refractivity contribution is 7.47. The minimum absolute atomic E-state index is 0.0524. The highest BCUT2D eigenvalue weighted by atomic mass is 31.2. The van der Waals surface area contributed by atoms with Crippen LogP contribution in [0.4, 0.5) is 0 Å². The third-order valence-electron chi connectivity index (χ3n) is 11.8. The second kappa shape index (κ2) is 53.9. The van der Waals surface area contributed by atoms with Crippen LogP contribution in [-0.4, -0.2) is 66.5 Å². The predicted molar refractivity (Wildman–Crippen MR) is 298 cm³/mol. The fraction of sp³-hybridized carbons (Fsp3) is 0.717. The molecule has 0 aliphatic rings. The van der Waals surface area contributed by atoms with E-state index in [0.717, 1.165) is 103 Å². The minimum atomic E-state index is -4.77. The molecule has 0 heterocycles. The Balaban J connectivity index is 4.82. The number of aliphatic hydroxyl groups is 1. The number of hydrogen-bond acceptors (Lipinski definition) is 10. The summed E-state index contributed by atoms with van der Waals surface area (Å²) < 4.78 is 39.4. The molecule has 0 aromatic carbocycles. The summed E-state index contributed by atoms with van der Waals surface area (Å²) in [6.45, 7) is 4.40. The number of aliphatic hydroxyl groups excluding tert-OH is 1. The molecule has 0 bridgehead atoms. The number of rotatable bonds is 52. The Bertz CT molecular complexity index is 1530. The van der Waals surface area contributed by atoms with E-state index in [9.17, 15) is 28.9 Å². The van der Waals surface area contributed by atoms with Gasteiger partial charge in [0.1, 0.15) is 12.7 Å². The smallest absolute Gasteiger partial charge is 0.462 e. The zero-order valence-corrected chi connectivity index (χ0v) is 46.5. The van der Waals surface area contributed by atoms with Gasteiger partial charge < -0.3 is 24.2 Å². The van der Waals surface area contributed by atoms with Gasteiger partial charge in [-0.05, 0) is 103 Å². The third kappa shape index (κ3) is 51.6. The number of carbonyl (C=O) groups is 3. The number of allylic oxidation sites excluding steroid dienone is 14. The van der Waals surface area contributed by atoms with Gasteiger partial charge in [0.25, 0.3) is 0 Å². The topological polar surface area (TPSA) is 155 Å². The van der Waals surface area contributed by atoms with Crippen molar-refractivity contribution in [3.63, 3.8) is 0 Å². The van der Waals surface area contributed by atoms with Crippen LogP contribution in [0, 0.1) is 0 Å². The normalized spacial score (nSPS) is 14.0. The summed E-state index contributed by atoms with van der Waals surface area (Å²) in [6.07, 6.45) is 61.3. The molecule has 0 saturated heterocycles. The van der Waals surface area contributed by atoms with E-state index >= 15 is 0 Å². The molecule has 0 aromatic rings. The van der Waals surface area contributed by atoms with E-state index in [1.165, 1.54) is 77.0 Å². The third-order valence-corrected chi connectivity index (χ3v) is 12.7. The summed E-state index contributed by atoms with van der Waals surface area (Å²) in [7, 11) is -4.77. The van der Waals surface area contributed by atoms with E-state index < -0.39 is 57.8 Å². The van der Waals surface area contributed by atoms with Gasteiger partial charge in [-0.25, -0.2) is 4.57 Å². The maximum absolute atomic E-state index is 12.9. The lowest BCUT2D eigenvalue weighted by atomic mass is 10.1. The lowest BCUT2D eigenvalue weighted by molar-refractivity contribution is -0.161. The van der Waals surface area contributed by atoms with Crippen LogP contribution in [0.3, 0.4) is 0 Å². The van der Waals surface area contributed by atoms with Crippen LogP contribution in [0.15, 0.2) is 85.1 Å². The van der Waals surface area contributed by atoms with E-state index in [-0.39, 0.29) is 25.9 Å². The Labute approximate surface area is 439 Å². The van der Waals surface area contributed by atoms with E-state index in [1.54, 1.807) is 0 Å². The first-order valence-corrected chi connectivity index (χ1v) is 30.0. The molecular weight excluding hydrogens is 928 g/mol. The first-order valence-electron chi connectivity index (χ1n) is 28.5. The van der Waals surface area contributed by atoms with Crippen molar-refractivity contribution in [2.45, 2.75) is 251 Å². The Morgan fingerprint density at radius 3 is 1.24 bits per heavy atom. The van der Waals surface area contributed by atoms with Gasteiger partial charge >= 0.3 is 25.7 Å². The lowest BCUT2D eigenvalue weighted by Gasteiger charge is -2.21. The van der Waals surface area contributed by atoms with Gasteiger partial charge in [0.2, 0.25) is 0 Å². The molecular formula is C60H103O11P. The minimum Gasteiger partial charge on any atom is -0.462 e. The van der Waals surface area contributed by atoms with Crippen molar-refractivity contribution in [2.24, 2.45) is 0 Å². The van der Waals surface area contributed by atoms with Crippen LogP contribution >= 0.6 is 7.82 Å². The fourth-order valence-corrected chi connectivity index (χ4v) is 8.24.